The standard InChI is InChI=1S/C22H24NO3P/c1-16-13-14-17(2)20(15-16)23-27(24,25-21-11-7-5-9-18(21)3)26-22-12-8-6-10-19(22)4/h5-15H,1-4H3,(H,23,24). The summed E-state index contributed by atoms with van der Waals surface area (Å²) in [6.07, 6.45) is 0. The van der Waals surface area contributed by atoms with Crippen molar-refractivity contribution in [3.05, 3.63) is 89.0 Å². The van der Waals surface area contributed by atoms with E-state index in [2.05, 4.69) is 5.09 Å². The number of anilines is 1. The van der Waals surface area contributed by atoms with Gasteiger partial charge in [-0.2, -0.15) is 0 Å². The van der Waals surface area contributed by atoms with Gasteiger partial charge in [0, 0.05) is 5.69 Å². The van der Waals surface area contributed by atoms with E-state index >= 15 is 0 Å². The van der Waals surface area contributed by atoms with Gasteiger partial charge < -0.3 is 9.05 Å². The van der Waals surface area contributed by atoms with Crippen molar-refractivity contribution in [2.45, 2.75) is 27.7 Å². The first-order valence-electron chi connectivity index (χ1n) is 8.82. The Labute approximate surface area is 160 Å². The van der Waals surface area contributed by atoms with Gasteiger partial charge in [-0.1, -0.05) is 48.5 Å². The third-order valence-electron chi connectivity index (χ3n) is 4.27. The Balaban J connectivity index is 2.00. The summed E-state index contributed by atoms with van der Waals surface area (Å²) in [5.41, 5.74) is 4.51. The van der Waals surface area contributed by atoms with Crippen LogP contribution in [0.4, 0.5) is 5.69 Å². The minimum Gasteiger partial charge on any atom is -0.400 e. The fraction of sp³-hybridized carbons (Fsp3) is 0.182. The molecule has 0 atom stereocenters. The van der Waals surface area contributed by atoms with Gasteiger partial charge in [0.05, 0.1) is 0 Å². The van der Waals surface area contributed by atoms with Gasteiger partial charge in [0.2, 0.25) is 0 Å². The molecule has 4 nitrogen and oxygen atoms in total. The molecule has 0 aliphatic heterocycles. The van der Waals surface area contributed by atoms with Crippen LogP contribution in [0.3, 0.4) is 0 Å². The third kappa shape index (κ3) is 4.72. The maximum Gasteiger partial charge on any atom is 0.541 e. The number of hydrogen-bond acceptors (Lipinski definition) is 3. The molecule has 0 saturated carbocycles. The maximum absolute atomic E-state index is 13.7. The summed E-state index contributed by atoms with van der Waals surface area (Å²) in [7, 11) is -3.74. The second-order valence-corrected chi connectivity index (χ2v) is 8.22. The van der Waals surface area contributed by atoms with Gasteiger partial charge in [0.1, 0.15) is 11.5 Å². The Hall–Kier alpha value is -2.71. The summed E-state index contributed by atoms with van der Waals surface area (Å²) in [6.45, 7) is 7.75. The van der Waals surface area contributed by atoms with Gasteiger partial charge in [-0.15, -0.1) is 0 Å². The van der Waals surface area contributed by atoms with Crippen molar-refractivity contribution >= 4 is 13.4 Å². The van der Waals surface area contributed by atoms with Crippen LogP contribution >= 0.6 is 7.75 Å². The van der Waals surface area contributed by atoms with Crippen LogP contribution in [-0.4, -0.2) is 0 Å². The molecule has 3 aromatic rings. The Bertz CT molecular complexity index is 949. The van der Waals surface area contributed by atoms with Crippen molar-refractivity contribution < 1.29 is 13.6 Å². The van der Waals surface area contributed by atoms with E-state index in [4.69, 9.17) is 9.05 Å². The summed E-state index contributed by atoms with van der Waals surface area (Å²) >= 11 is 0. The monoisotopic (exact) mass is 381 g/mol. The molecule has 0 saturated heterocycles. The fourth-order valence-electron chi connectivity index (χ4n) is 2.64. The van der Waals surface area contributed by atoms with Gasteiger partial charge in [-0.3, -0.25) is 5.09 Å². The van der Waals surface area contributed by atoms with Crippen LogP contribution in [0.2, 0.25) is 0 Å². The summed E-state index contributed by atoms with van der Waals surface area (Å²) < 4.78 is 25.6. The van der Waals surface area contributed by atoms with Crippen molar-refractivity contribution in [2.24, 2.45) is 0 Å². The molecule has 0 heterocycles. The first-order valence-corrected chi connectivity index (χ1v) is 10.4. The zero-order chi connectivity index (χ0) is 19.4. The van der Waals surface area contributed by atoms with Gasteiger partial charge in [-0.05, 0) is 68.1 Å². The lowest BCUT2D eigenvalue weighted by Gasteiger charge is -2.23. The molecule has 1 N–H and O–H groups in total. The average molecular weight is 381 g/mol. The Morgan fingerprint density at radius 2 is 1.22 bits per heavy atom. The van der Waals surface area contributed by atoms with Crippen molar-refractivity contribution in [1.82, 2.24) is 0 Å². The van der Waals surface area contributed by atoms with Gasteiger partial charge in [-0.25, -0.2) is 4.57 Å². The summed E-state index contributed by atoms with van der Waals surface area (Å²) in [5, 5.41) is 3.03. The highest BCUT2D eigenvalue weighted by Gasteiger charge is 2.30. The number of hydrogen-bond donors (Lipinski definition) is 1. The zero-order valence-corrected chi connectivity index (χ0v) is 16.9. The van der Waals surface area contributed by atoms with Crippen molar-refractivity contribution in [3.8, 4) is 11.5 Å². The predicted octanol–water partition coefficient (Wildman–Crippen LogP) is 6.60. The molecule has 0 unspecified atom stereocenters. The molecule has 0 aromatic heterocycles. The largest absolute Gasteiger partial charge is 0.541 e. The second-order valence-electron chi connectivity index (χ2n) is 6.64. The highest BCUT2D eigenvalue weighted by molar-refractivity contribution is 7.56. The fourth-order valence-corrected chi connectivity index (χ4v) is 4.24. The quantitative estimate of drug-likeness (QED) is 0.489. The third-order valence-corrected chi connectivity index (χ3v) is 5.66. The minimum atomic E-state index is -3.74. The molecular formula is C22H24NO3P. The van der Waals surface area contributed by atoms with Crippen LogP contribution in [0, 0.1) is 27.7 Å². The number of para-hydroxylation sites is 2. The first kappa shape index (κ1) is 19.1. The van der Waals surface area contributed by atoms with Crippen molar-refractivity contribution in [1.29, 1.82) is 0 Å². The molecule has 0 amide bonds. The molecule has 0 spiro atoms. The topological polar surface area (TPSA) is 47.6 Å². The average Bonchev–Trinajstić information content (AvgIpc) is 2.62. The van der Waals surface area contributed by atoms with Crippen LogP contribution in [-0.2, 0) is 4.57 Å². The molecule has 0 aliphatic carbocycles. The Morgan fingerprint density at radius 3 is 1.74 bits per heavy atom. The zero-order valence-electron chi connectivity index (χ0n) is 16.0. The van der Waals surface area contributed by atoms with Gasteiger partial charge >= 0.3 is 7.75 Å². The van der Waals surface area contributed by atoms with Crippen molar-refractivity contribution in [2.75, 3.05) is 5.09 Å². The van der Waals surface area contributed by atoms with Crippen molar-refractivity contribution in [3.63, 3.8) is 0 Å². The second kappa shape index (κ2) is 7.89. The SMILES string of the molecule is Cc1ccc(C)c(NP(=O)(Oc2ccccc2C)Oc2ccccc2C)c1. The van der Waals surface area contributed by atoms with E-state index in [1.54, 1.807) is 12.1 Å². The van der Waals surface area contributed by atoms with E-state index in [0.717, 1.165) is 27.9 Å². The molecule has 5 heteroatoms. The number of benzene rings is 3. The predicted molar refractivity (Wildman–Crippen MR) is 111 cm³/mol. The van der Waals surface area contributed by atoms with Crippen LogP contribution < -0.4 is 14.1 Å². The van der Waals surface area contributed by atoms with E-state index in [0.29, 0.717) is 11.5 Å². The molecule has 0 fully saturated rings. The maximum atomic E-state index is 13.7. The van der Waals surface area contributed by atoms with Crippen LogP contribution in [0.1, 0.15) is 22.3 Å². The van der Waals surface area contributed by atoms with E-state index in [1.807, 2.05) is 82.3 Å². The highest BCUT2D eigenvalue weighted by atomic mass is 31.2. The number of aryl methyl sites for hydroxylation is 4. The van der Waals surface area contributed by atoms with Gasteiger partial charge in [0.15, 0.2) is 0 Å². The van der Waals surface area contributed by atoms with E-state index < -0.39 is 7.75 Å². The molecule has 0 aliphatic rings. The molecular weight excluding hydrogens is 357 g/mol. The van der Waals surface area contributed by atoms with Gasteiger partial charge in [0.25, 0.3) is 0 Å². The minimum absolute atomic E-state index is 0.521. The van der Waals surface area contributed by atoms with Crippen LogP contribution in [0.25, 0.3) is 0 Å². The van der Waals surface area contributed by atoms with E-state index in [1.165, 1.54) is 0 Å². The first-order chi connectivity index (χ1) is 12.9. The molecule has 0 radical (unpaired) electrons. The molecule has 3 rings (SSSR count). The normalized spacial score (nSPS) is 11.1. The lowest BCUT2D eigenvalue weighted by Crippen LogP contribution is -2.11. The smallest absolute Gasteiger partial charge is 0.400 e. The lowest BCUT2D eigenvalue weighted by atomic mass is 10.1. The number of rotatable bonds is 6. The molecule has 27 heavy (non-hydrogen) atoms. The lowest BCUT2D eigenvalue weighted by molar-refractivity contribution is 0.390. The molecule has 140 valence electrons. The summed E-state index contributed by atoms with van der Waals surface area (Å²) in [5.74, 6) is 1.04. The highest BCUT2D eigenvalue weighted by Crippen LogP contribution is 2.50. The van der Waals surface area contributed by atoms with E-state index in [9.17, 15) is 4.57 Å². The molecule has 0 bridgehead atoms. The van der Waals surface area contributed by atoms with Crippen LogP contribution in [0.5, 0.6) is 11.5 Å². The van der Waals surface area contributed by atoms with Crippen LogP contribution in [0.15, 0.2) is 66.7 Å². The molecule has 3 aromatic carbocycles. The Morgan fingerprint density at radius 1 is 0.704 bits per heavy atom. The summed E-state index contributed by atoms with van der Waals surface area (Å²) in [6, 6.07) is 20.8. The number of nitrogens with one attached hydrogen (secondary N) is 1. The summed E-state index contributed by atoms with van der Waals surface area (Å²) in [4.78, 5) is 0. The van der Waals surface area contributed by atoms with E-state index in [-0.39, 0.29) is 0 Å². The Kier molecular flexibility index (Phi) is 5.57.